The first-order valence-corrected chi connectivity index (χ1v) is 7.07. The van der Waals surface area contributed by atoms with Gasteiger partial charge in [0.1, 0.15) is 0 Å². The van der Waals surface area contributed by atoms with Crippen molar-refractivity contribution >= 4 is 11.8 Å². The van der Waals surface area contributed by atoms with Gasteiger partial charge in [0.05, 0.1) is 0 Å². The van der Waals surface area contributed by atoms with Gasteiger partial charge in [0.25, 0.3) is 0 Å². The molecular formula is C12H21NS. The lowest BCUT2D eigenvalue weighted by Gasteiger charge is -2.09. The highest BCUT2D eigenvalue weighted by molar-refractivity contribution is 7.99. The highest BCUT2D eigenvalue weighted by atomic mass is 32.2. The molecule has 1 atom stereocenters. The second kappa shape index (κ2) is 5.82. The Hall–Kier alpha value is 0.0500. The fourth-order valence-corrected chi connectivity index (χ4v) is 3.55. The van der Waals surface area contributed by atoms with E-state index in [1.54, 1.807) is 5.57 Å². The number of thioether (sulfide) groups is 1. The van der Waals surface area contributed by atoms with Gasteiger partial charge in [-0.2, -0.15) is 11.8 Å². The summed E-state index contributed by atoms with van der Waals surface area (Å²) in [6.07, 6.45) is 9.25. The minimum absolute atomic E-state index is 0.956. The average molecular weight is 211 g/mol. The van der Waals surface area contributed by atoms with Gasteiger partial charge in [0.2, 0.25) is 0 Å². The number of rotatable bonds is 5. The molecule has 2 heteroatoms. The van der Waals surface area contributed by atoms with Crippen LogP contribution in [0.4, 0.5) is 0 Å². The Morgan fingerprint density at radius 1 is 1.50 bits per heavy atom. The van der Waals surface area contributed by atoms with Crippen molar-refractivity contribution in [2.75, 3.05) is 24.6 Å². The van der Waals surface area contributed by atoms with E-state index in [-0.39, 0.29) is 0 Å². The summed E-state index contributed by atoms with van der Waals surface area (Å²) in [5.41, 5.74) is 1.69. The minimum Gasteiger partial charge on any atom is -0.316 e. The zero-order chi connectivity index (χ0) is 9.64. The molecule has 0 aromatic rings. The molecule has 80 valence electrons. The van der Waals surface area contributed by atoms with Crippen molar-refractivity contribution in [3.63, 3.8) is 0 Å². The Morgan fingerprint density at radius 3 is 3.21 bits per heavy atom. The molecule has 1 heterocycles. The summed E-state index contributed by atoms with van der Waals surface area (Å²) < 4.78 is 0. The maximum absolute atomic E-state index is 3.60. The first kappa shape index (κ1) is 10.6. The summed E-state index contributed by atoms with van der Waals surface area (Å²) in [5, 5.41) is 3.60. The average Bonchev–Trinajstić information content (AvgIpc) is 2.86. The highest BCUT2D eigenvalue weighted by Gasteiger charge is 2.14. The molecule has 0 spiro atoms. The predicted molar refractivity (Wildman–Crippen MR) is 64.9 cm³/mol. The zero-order valence-electron chi connectivity index (χ0n) is 8.93. The molecule has 1 N–H and O–H groups in total. The topological polar surface area (TPSA) is 12.0 Å². The van der Waals surface area contributed by atoms with Crippen LogP contribution in [0, 0.1) is 5.92 Å². The van der Waals surface area contributed by atoms with Gasteiger partial charge in [0, 0.05) is 0 Å². The molecule has 0 saturated carbocycles. The van der Waals surface area contributed by atoms with Crippen LogP contribution in [0.15, 0.2) is 11.6 Å². The zero-order valence-corrected chi connectivity index (χ0v) is 9.74. The maximum Gasteiger partial charge on any atom is -0.00115 e. The molecule has 1 aliphatic heterocycles. The number of hydrogen-bond acceptors (Lipinski definition) is 2. The Labute approximate surface area is 91.7 Å². The first-order valence-electron chi connectivity index (χ1n) is 5.91. The third-order valence-electron chi connectivity index (χ3n) is 3.21. The second-order valence-electron chi connectivity index (χ2n) is 4.44. The summed E-state index contributed by atoms with van der Waals surface area (Å²) in [6, 6.07) is 0. The Bertz CT molecular complexity index is 194. The van der Waals surface area contributed by atoms with E-state index in [0.29, 0.717) is 0 Å². The van der Waals surface area contributed by atoms with Crippen molar-refractivity contribution in [1.82, 2.24) is 5.32 Å². The van der Waals surface area contributed by atoms with Crippen molar-refractivity contribution in [2.45, 2.75) is 32.1 Å². The molecule has 0 bridgehead atoms. The molecule has 14 heavy (non-hydrogen) atoms. The number of nitrogens with one attached hydrogen (secondary N) is 1. The molecule has 0 amide bonds. The predicted octanol–water partition coefficient (Wildman–Crippen LogP) is 2.83. The SMILES string of the molecule is C1=C(CCNCC2CCSC2)CCC1. The molecule has 1 saturated heterocycles. The van der Waals surface area contributed by atoms with Crippen molar-refractivity contribution in [3.05, 3.63) is 11.6 Å². The smallest absolute Gasteiger partial charge is 0.00115 e. The summed E-state index contributed by atoms with van der Waals surface area (Å²) in [6.45, 7) is 2.45. The van der Waals surface area contributed by atoms with Crippen molar-refractivity contribution in [2.24, 2.45) is 5.92 Å². The normalized spacial score (nSPS) is 26.9. The highest BCUT2D eigenvalue weighted by Crippen LogP contribution is 2.23. The van der Waals surface area contributed by atoms with Gasteiger partial charge in [-0.25, -0.2) is 0 Å². The molecule has 1 aliphatic carbocycles. The van der Waals surface area contributed by atoms with Gasteiger partial charge < -0.3 is 5.32 Å². The Kier molecular flexibility index (Phi) is 4.39. The van der Waals surface area contributed by atoms with E-state index in [0.717, 1.165) is 5.92 Å². The second-order valence-corrected chi connectivity index (χ2v) is 5.59. The van der Waals surface area contributed by atoms with E-state index < -0.39 is 0 Å². The summed E-state index contributed by atoms with van der Waals surface area (Å²) >= 11 is 2.11. The molecule has 1 fully saturated rings. The lowest BCUT2D eigenvalue weighted by Crippen LogP contribution is -2.23. The van der Waals surface area contributed by atoms with Crippen LogP contribution in [-0.2, 0) is 0 Å². The van der Waals surface area contributed by atoms with Crippen molar-refractivity contribution in [1.29, 1.82) is 0 Å². The monoisotopic (exact) mass is 211 g/mol. The van der Waals surface area contributed by atoms with E-state index in [4.69, 9.17) is 0 Å². The van der Waals surface area contributed by atoms with Crippen molar-refractivity contribution in [3.8, 4) is 0 Å². The van der Waals surface area contributed by atoms with Gasteiger partial charge in [-0.1, -0.05) is 11.6 Å². The van der Waals surface area contributed by atoms with Gasteiger partial charge in [0.15, 0.2) is 0 Å². The molecule has 2 aliphatic rings. The molecule has 0 radical (unpaired) electrons. The summed E-state index contributed by atoms with van der Waals surface area (Å²) in [7, 11) is 0. The number of hydrogen-bond donors (Lipinski definition) is 1. The lowest BCUT2D eigenvalue weighted by molar-refractivity contribution is 0.524. The van der Waals surface area contributed by atoms with Crippen LogP contribution in [0.2, 0.25) is 0 Å². The summed E-state index contributed by atoms with van der Waals surface area (Å²) in [4.78, 5) is 0. The maximum atomic E-state index is 3.60. The van der Waals surface area contributed by atoms with Crippen LogP contribution in [0.5, 0.6) is 0 Å². The fourth-order valence-electron chi connectivity index (χ4n) is 2.26. The first-order chi connectivity index (χ1) is 6.95. The minimum atomic E-state index is 0.956. The molecule has 2 rings (SSSR count). The lowest BCUT2D eigenvalue weighted by atomic mass is 10.1. The van der Waals surface area contributed by atoms with E-state index in [2.05, 4.69) is 23.2 Å². The molecule has 1 nitrogen and oxygen atoms in total. The third-order valence-corrected chi connectivity index (χ3v) is 4.45. The van der Waals surface area contributed by atoms with Crippen LogP contribution < -0.4 is 5.32 Å². The largest absolute Gasteiger partial charge is 0.316 e. The van der Waals surface area contributed by atoms with Gasteiger partial charge in [-0.15, -0.1) is 0 Å². The molecule has 1 unspecified atom stereocenters. The molecule has 0 aromatic heterocycles. The Morgan fingerprint density at radius 2 is 2.50 bits per heavy atom. The van der Waals surface area contributed by atoms with Crippen LogP contribution in [0.3, 0.4) is 0 Å². The van der Waals surface area contributed by atoms with Crippen LogP contribution in [-0.4, -0.2) is 24.6 Å². The Balaban J connectivity index is 1.50. The van der Waals surface area contributed by atoms with Crippen molar-refractivity contribution < 1.29 is 0 Å². The number of allylic oxidation sites excluding steroid dienone is 1. The van der Waals surface area contributed by atoms with E-state index >= 15 is 0 Å². The van der Waals surface area contributed by atoms with Crippen LogP contribution in [0.25, 0.3) is 0 Å². The summed E-state index contributed by atoms with van der Waals surface area (Å²) in [5.74, 6) is 3.73. The molecular weight excluding hydrogens is 190 g/mol. The quantitative estimate of drug-likeness (QED) is 0.554. The van der Waals surface area contributed by atoms with Crippen LogP contribution in [0.1, 0.15) is 32.1 Å². The third kappa shape index (κ3) is 3.32. The van der Waals surface area contributed by atoms with E-state index in [1.807, 2.05) is 0 Å². The van der Waals surface area contributed by atoms with E-state index in [1.165, 1.54) is 56.7 Å². The molecule has 0 aromatic carbocycles. The standard InChI is InChI=1S/C12H21NS/c1-2-4-11(3-1)5-7-13-9-12-6-8-14-10-12/h3,12-13H,1-2,4-10H2. The van der Waals surface area contributed by atoms with E-state index in [9.17, 15) is 0 Å². The fraction of sp³-hybridized carbons (Fsp3) is 0.833. The van der Waals surface area contributed by atoms with Crippen LogP contribution >= 0.6 is 11.8 Å². The van der Waals surface area contributed by atoms with Gasteiger partial charge in [-0.3, -0.25) is 0 Å². The van der Waals surface area contributed by atoms with Gasteiger partial charge in [-0.05, 0) is 62.6 Å². The van der Waals surface area contributed by atoms with Gasteiger partial charge >= 0.3 is 0 Å².